The maximum Gasteiger partial charge on any atom is 0.123 e. The molecule has 0 spiro atoms. The molecule has 4 heteroatoms. The normalized spacial score (nSPS) is 12.5. The van der Waals surface area contributed by atoms with E-state index in [0.29, 0.717) is 17.3 Å². The molecule has 0 aliphatic rings. The zero-order valence-corrected chi connectivity index (χ0v) is 13.6. The molecule has 2 nitrogen and oxygen atoms in total. The van der Waals surface area contributed by atoms with Crippen molar-refractivity contribution in [2.45, 2.75) is 52.6 Å². The summed E-state index contributed by atoms with van der Waals surface area (Å²) in [5.74, 6) is 1.24. The van der Waals surface area contributed by atoms with Crippen LogP contribution >= 0.6 is 23.8 Å². The summed E-state index contributed by atoms with van der Waals surface area (Å²) in [5.41, 5.74) is 7.74. The van der Waals surface area contributed by atoms with E-state index in [0.717, 1.165) is 28.3 Å². The lowest BCUT2D eigenvalue weighted by atomic mass is 10.0. The molecule has 1 unspecified atom stereocenters. The van der Waals surface area contributed by atoms with Crippen molar-refractivity contribution < 1.29 is 4.74 Å². The first-order valence-electron chi connectivity index (χ1n) is 6.60. The van der Waals surface area contributed by atoms with Gasteiger partial charge in [0.25, 0.3) is 0 Å². The van der Waals surface area contributed by atoms with Crippen molar-refractivity contribution in [1.82, 2.24) is 0 Å². The number of aryl methyl sites for hydroxylation is 1. The van der Waals surface area contributed by atoms with Gasteiger partial charge >= 0.3 is 0 Å². The smallest absolute Gasteiger partial charge is 0.123 e. The number of halogens is 1. The van der Waals surface area contributed by atoms with Gasteiger partial charge in [-0.3, -0.25) is 0 Å². The number of benzene rings is 1. The minimum atomic E-state index is 0.0254. The summed E-state index contributed by atoms with van der Waals surface area (Å²) in [7, 11) is 0. The second kappa shape index (κ2) is 7.11. The van der Waals surface area contributed by atoms with Crippen LogP contribution in [0.2, 0.25) is 5.02 Å². The number of rotatable bonds is 6. The maximum atomic E-state index is 6.25. The fourth-order valence-electron chi connectivity index (χ4n) is 1.91. The Morgan fingerprint density at radius 3 is 2.53 bits per heavy atom. The lowest BCUT2D eigenvalue weighted by molar-refractivity contribution is 0.204. The first-order valence-corrected chi connectivity index (χ1v) is 7.38. The Bertz CT molecular complexity index is 460. The maximum absolute atomic E-state index is 6.25. The van der Waals surface area contributed by atoms with Gasteiger partial charge in [-0.2, -0.15) is 0 Å². The Kier molecular flexibility index (Phi) is 6.08. The van der Waals surface area contributed by atoms with Gasteiger partial charge in [0.15, 0.2) is 0 Å². The van der Waals surface area contributed by atoms with Crippen LogP contribution in [0.3, 0.4) is 0 Å². The molecule has 106 valence electrons. The van der Waals surface area contributed by atoms with Gasteiger partial charge < -0.3 is 10.5 Å². The third-order valence-electron chi connectivity index (χ3n) is 3.09. The Balaban J connectivity index is 2.99. The topological polar surface area (TPSA) is 35.2 Å². The SMILES string of the molecule is CCC(CC(N)=S)Oc1cc(C(C)C)c(Cl)cc1C. The zero-order chi connectivity index (χ0) is 14.6. The van der Waals surface area contributed by atoms with E-state index in [1.54, 1.807) is 0 Å². The molecule has 0 aliphatic heterocycles. The second-order valence-electron chi connectivity index (χ2n) is 5.11. The van der Waals surface area contributed by atoms with Crippen molar-refractivity contribution in [2.75, 3.05) is 0 Å². The minimum absolute atomic E-state index is 0.0254. The van der Waals surface area contributed by atoms with E-state index in [4.69, 9.17) is 34.3 Å². The quantitative estimate of drug-likeness (QED) is 0.779. The van der Waals surface area contributed by atoms with Gasteiger partial charge in [-0.25, -0.2) is 0 Å². The summed E-state index contributed by atoms with van der Waals surface area (Å²) >= 11 is 11.2. The lowest BCUT2D eigenvalue weighted by Crippen LogP contribution is -2.23. The van der Waals surface area contributed by atoms with E-state index in [1.807, 2.05) is 19.1 Å². The number of hydrogen-bond acceptors (Lipinski definition) is 2. The number of hydrogen-bond donors (Lipinski definition) is 1. The van der Waals surface area contributed by atoms with Gasteiger partial charge in [-0.05, 0) is 42.5 Å². The summed E-state index contributed by atoms with van der Waals surface area (Å²) in [6.45, 7) is 8.30. The molecule has 2 N–H and O–H groups in total. The fraction of sp³-hybridized carbons (Fsp3) is 0.533. The second-order valence-corrected chi connectivity index (χ2v) is 6.04. The molecule has 0 heterocycles. The van der Waals surface area contributed by atoms with E-state index < -0.39 is 0 Å². The van der Waals surface area contributed by atoms with Gasteiger partial charge in [0, 0.05) is 11.4 Å². The molecule has 1 rings (SSSR count). The minimum Gasteiger partial charge on any atom is -0.490 e. The highest BCUT2D eigenvalue weighted by Crippen LogP contribution is 2.32. The molecule has 1 aromatic carbocycles. The molecule has 0 saturated heterocycles. The van der Waals surface area contributed by atoms with Gasteiger partial charge in [-0.15, -0.1) is 0 Å². The molecule has 0 aromatic heterocycles. The lowest BCUT2D eigenvalue weighted by Gasteiger charge is -2.20. The summed E-state index contributed by atoms with van der Waals surface area (Å²) in [6.07, 6.45) is 1.50. The van der Waals surface area contributed by atoms with Crippen LogP contribution in [-0.2, 0) is 0 Å². The molecular formula is C15H22ClNOS. The van der Waals surface area contributed by atoms with Crippen LogP contribution in [-0.4, -0.2) is 11.1 Å². The molecular weight excluding hydrogens is 278 g/mol. The van der Waals surface area contributed by atoms with Crippen LogP contribution in [0.25, 0.3) is 0 Å². The predicted octanol–water partition coefficient (Wildman–Crippen LogP) is 4.61. The monoisotopic (exact) mass is 299 g/mol. The van der Waals surface area contributed by atoms with E-state index in [2.05, 4.69) is 20.8 Å². The Hall–Kier alpha value is -0.800. The van der Waals surface area contributed by atoms with Crippen LogP contribution in [0.15, 0.2) is 12.1 Å². The van der Waals surface area contributed by atoms with Crippen LogP contribution in [0.4, 0.5) is 0 Å². The van der Waals surface area contributed by atoms with Crippen molar-refractivity contribution in [3.8, 4) is 5.75 Å². The van der Waals surface area contributed by atoms with Crippen molar-refractivity contribution >= 4 is 28.8 Å². The first kappa shape index (κ1) is 16.3. The Morgan fingerprint density at radius 2 is 2.05 bits per heavy atom. The number of nitrogens with two attached hydrogens (primary N) is 1. The standard InChI is InChI=1S/C15H22ClNOS/c1-5-11(7-15(17)19)18-14-8-12(9(2)3)13(16)6-10(14)4/h6,8-9,11H,5,7H2,1-4H3,(H2,17,19). The molecule has 0 radical (unpaired) electrons. The Morgan fingerprint density at radius 1 is 1.42 bits per heavy atom. The van der Waals surface area contributed by atoms with Crippen molar-refractivity contribution in [2.24, 2.45) is 5.73 Å². The molecule has 1 atom stereocenters. The van der Waals surface area contributed by atoms with E-state index in [1.165, 1.54) is 0 Å². The largest absolute Gasteiger partial charge is 0.490 e. The van der Waals surface area contributed by atoms with Crippen LogP contribution in [0.5, 0.6) is 5.75 Å². The van der Waals surface area contributed by atoms with Crippen molar-refractivity contribution in [3.05, 3.63) is 28.3 Å². The molecule has 0 amide bonds. The van der Waals surface area contributed by atoms with Gasteiger partial charge in [-0.1, -0.05) is 44.6 Å². The summed E-state index contributed by atoms with van der Waals surface area (Å²) in [6, 6.07) is 3.99. The van der Waals surface area contributed by atoms with Crippen molar-refractivity contribution in [3.63, 3.8) is 0 Å². The zero-order valence-electron chi connectivity index (χ0n) is 12.0. The summed E-state index contributed by atoms with van der Waals surface area (Å²) in [4.78, 5) is 0.488. The first-order chi connectivity index (χ1) is 8.85. The van der Waals surface area contributed by atoms with Gasteiger partial charge in [0.1, 0.15) is 11.9 Å². The van der Waals surface area contributed by atoms with E-state index in [9.17, 15) is 0 Å². The average Bonchev–Trinajstić information content (AvgIpc) is 2.30. The summed E-state index contributed by atoms with van der Waals surface area (Å²) < 4.78 is 6.02. The van der Waals surface area contributed by atoms with Crippen LogP contribution in [0.1, 0.15) is 50.7 Å². The van der Waals surface area contributed by atoms with Gasteiger partial charge in [0.2, 0.25) is 0 Å². The van der Waals surface area contributed by atoms with Crippen LogP contribution < -0.4 is 10.5 Å². The molecule has 0 fully saturated rings. The number of ether oxygens (including phenoxy) is 1. The highest BCUT2D eigenvalue weighted by molar-refractivity contribution is 7.80. The molecule has 0 aliphatic carbocycles. The summed E-state index contributed by atoms with van der Waals surface area (Å²) in [5, 5.41) is 0.794. The highest BCUT2D eigenvalue weighted by Gasteiger charge is 2.14. The average molecular weight is 300 g/mol. The molecule has 0 bridgehead atoms. The fourth-order valence-corrected chi connectivity index (χ4v) is 2.53. The van der Waals surface area contributed by atoms with Gasteiger partial charge in [0.05, 0.1) is 4.99 Å². The molecule has 1 aromatic rings. The van der Waals surface area contributed by atoms with Crippen molar-refractivity contribution in [1.29, 1.82) is 0 Å². The Labute approximate surface area is 126 Å². The number of thiocarbonyl (C=S) groups is 1. The predicted molar refractivity (Wildman–Crippen MR) is 86.4 cm³/mol. The highest BCUT2D eigenvalue weighted by atomic mass is 35.5. The van der Waals surface area contributed by atoms with E-state index >= 15 is 0 Å². The third-order valence-corrected chi connectivity index (χ3v) is 3.59. The van der Waals surface area contributed by atoms with Crippen LogP contribution in [0, 0.1) is 6.92 Å². The third kappa shape index (κ3) is 4.66. The molecule has 19 heavy (non-hydrogen) atoms. The molecule has 0 saturated carbocycles. The van der Waals surface area contributed by atoms with E-state index in [-0.39, 0.29) is 6.10 Å².